The number of rotatable bonds is 1. The number of hydrogen-bond acceptors (Lipinski definition) is 3. The lowest BCUT2D eigenvalue weighted by atomic mass is 10.00. The molecule has 2 aliphatic rings. The number of halogens is 1. The maximum absolute atomic E-state index is 13.5. The van der Waals surface area contributed by atoms with Gasteiger partial charge in [0, 0.05) is 5.56 Å². The van der Waals surface area contributed by atoms with Gasteiger partial charge < -0.3 is 14.6 Å². The molecule has 3 rings (SSSR count). The zero-order valence-corrected chi connectivity index (χ0v) is 8.07. The summed E-state index contributed by atoms with van der Waals surface area (Å²) in [5.41, 5.74) is 0.479. The summed E-state index contributed by atoms with van der Waals surface area (Å²) in [7, 11) is 0. The summed E-state index contributed by atoms with van der Waals surface area (Å²) in [5.74, 6) is -0.321. The highest BCUT2D eigenvalue weighted by atomic mass is 19.1. The molecule has 0 aromatic heterocycles. The van der Waals surface area contributed by atoms with Crippen LogP contribution in [0.4, 0.5) is 4.39 Å². The number of aromatic hydroxyl groups is 1. The van der Waals surface area contributed by atoms with Gasteiger partial charge in [0.05, 0.1) is 6.61 Å². The summed E-state index contributed by atoms with van der Waals surface area (Å²) in [5, 5.41) is 9.21. The molecular formula is C11H11FO3. The van der Waals surface area contributed by atoms with Gasteiger partial charge in [0.15, 0.2) is 11.6 Å². The van der Waals surface area contributed by atoms with Gasteiger partial charge in [-0.3, -0.25) is 0 Å². The summed E-state index contributed by atoms with van der Waals surface area (Å²) < 4.78 is 24.2. The number of ether oxygens (including phenoxy) is 2. The van der Waals surface area contributed by atoms with Gasteiger partial charge >= 0.3 is 0 Å². The molecule has 0 bridgehead atoms. The van der Waals surface area contributed by atoms with E-state index in [1.807, 2.05) is 0 Å². The van der Waals surface area contributed by atoms with Crippen LogP contribution < -0.4 is 4.74 Å². The Morgan fingerprint density at radius 2 is 2.13 bits per heavy atom. The molecule has 0 radical (unpaired) electrons. The third-order valence-electron chi connectivity index (χ3n) is 2.91. The van der Waals surface area contributed by atoms with Gasteiger partial charge in [-0.2, -0.15) is 0 Å². The number of epoxide rings is 1. The molecule has 15 heavy (non-hydrogen) atoms. The van der Waals surface area contributed by atoms with Crippen molar-refractivity contribution >= 4 is 0 Å². The van der Waals surface area contributed by atoms with E-state index in [2.05, 4.69) is 0 Å². The van der Waals surface area contributed by atoms with Gasteiger partial charge in [-0.05, 0) is 25.0 Å². The molecule has 2 heterocycles. The van der Waals surface area contributed by atoms with E-state index in [0.29, 0.717) is 17.7 Å². The quantitative estimate of drug-likeness (QED) is 0.716. The predicted octanol–water partition coefficient (Wildman–Crippen LogP) is 1.62. The molecule has 80 valence electrons. The Balaban J connectivity index is 1.93. The first-order chi connectivity index (χ1) is 7.25. The molecule has 3 nitrogen and oxygen atoms in total. The first-order valence-electron chi connectivity index (χ1n) is 5.04. The van der Waals surface area contributed by atoms with Crippen LogP contribution in [-0.4, -0.2) is 23.9 Å². The van der Waals surface area contributed by atoms with Crippen molar-refractivity contribution in [3.8, 4) is 11.5 Å². The summed E-state index contributed by atoms with van der Waals surface area (Å²) >= 11 is 0. The second-order valence-electron chi connectivity index (χ2n) is 3.94. The number of fused-ring (bicyclic) bond motifs is 1. The lowest BCUT2D eigenvalue weighted by Crippen LogP contribution is -2.28. The van der Waals surface area contributed by atoms with Crippen LogP contribution in [0.5, 0.6) is 11.5 Å². The topological polar surface area (TPSA) is 42.0 Å². The summed E-state index contributed by atoms with van der Waals surface area (Å²) in [4.78, 5) is 0. The highest BCUT2D eigenvalue weighted by molar-refractivity contribution is 5.42. The van der Waals surface area contributed by atoms with Crippen molar-refractivity contribution in [1.29, 1.82) is 0 Å². The molecule has 2 aliphatic heterocycles. The number of hydrogen-bond donors (Lipinski definition) is 1. The molecule has 1 fully saturated rings. The molecule has 1 saturated heterocycles. The third kappa shape index (κ3) is 1.45. The average molecular weight is 210 g/mol. The SMILES string of the molecule is Oc1ccc2c(c1F)CCC(C1CO1)O2. The zero-order valence-electron chi connectivity index (χ0n) is 8.07. The Bertz CT molecular complexity index is 401. The third-order valence-corrected chi connectivity index (χ3v) is 2.91. The van der Waals surface area contributed by atoms with Crippen LogP contribution in [-0.2, 0) is 11.2 Å². The molecule has 4 heteroatoms. The van der Waals surface area contributed by atoms with Crippen LogP contribution >= 0.6 is 0 Å². The van der Waals surface area contributed by atoms with Gasteiger partial charge in [0.2, 0.25) is 0 Å². The molecule has 1 N–H and O–H groups in total. The maximum atomic E-state index is 13.5. The fraction of sp³-hybridized carbons (Fsp3) is 0.455. The van der Waals surface area contributed by atoms with Crippen molar-refractivity contribution in [2.24, 2.45) is 0 Å². The van der Waals surface area contributed by atoms with E-state index in [1.54, 1.807) is 6.07 Å². The fourth-order valence-electron chi connectivity index (χ4n) is 1.98. The Morgan fingerprint density at radius 3 is 2.87 bits per heavy atom. The van der Waals surface area contributed by atoms with Gasteiger partial charge in [-0.15, -0.1) is 0 Å². The van der Waals surface area contributed by atoms with E-state index < -0.39 is 5.82 Å². The Labute approximate surface area is 86.4 Å². The van der Waals surface area contributed by atoms with E-state index in [1.165, 1.54) is 6.07 Å². The Kier molecular flexibility index (Phi) is 1.85. The van der Waals surface area contributed by atoms with Gasteiger partial charge in [-0.25, -0.2) is 4.39 Å². The number of benzene rings is 1. The van der Waals surface area contributed by atoms with Gasteiger partial charge in [0.1, 0.15) is 18.0 Å². The van der Waals surface area contributed by atoms with Crippen LogP contribution in [0.3, 0.4) is 0 Å². The Hall–Kier alpha value is -1.29. The van der Waals surface area contributed by atoms with Crippen LogP contribution in [0, 0.1) is 5.82 Å². The standard InChI is InChI=1S/C11H11FO3/c12-11-6-1-3-9(10-5-14-10)15-8(6)4-2-7(11)13/h2,4,9-10,13H,1,3,5H2. The first-order valence-corrected chi connectivity index (χ1v) is 5.04. The fourth-order valence-corrected chi connectivity index (χ4v) is 1.98. The van der Waals surface area contributed by atoms with Crippen molar-refractivity contribution < 1.29 is 19.0 Å². The van der Waals surface area contributed by atoms with Crippen LogP contribution in [0.15, 0.2) is 12.1 Å². The largest absolute Gasteiger partial charge is 0.505 e. The van der Waals surface area contributed by atoms with E-state index in [-0.39, 0.29) is 18.0 Å². The van der Waals surface area contributed by atoms with Gasteiger partial charge in [0.25, 0.3) is 0 Å². The smallest absolute Gasteiger partial charge is 0.171 e. The number of phenols is 1. The lowest BCUT2D eigenvalue weighted by molar-refractivity contribution is 0.134. The van der Waals surface area contributed by atoms with Crippen LogP contribution in [0.25, 0.3) is 0 Å². The minimum absolute atomic E-state index is 0.0430. The average Bonchev–Trinajstić information content (AvgIpc) is 3.07. The minimum atomic E-state index is -0.553. The number of phenolic OH excluding ortho intramolecular Hbond substituents is 1. The second kappa shape index (κ2) is 3.10. The second-order valence-corrected chi connectivity index (χ2v) is 3.94. The van der Waals surface area contributed by atoms with Crippen LogP contribution in [0.2, 0.25) is 0 Å². The maximum Gasteiger partial charge on any atom is 0.171 e. The molecule has 2 atom stereocenters. The summed E-state index contributed by atoms with van der Waals surface area (Å²) in [6.07, 6.45) is 1.56. The van der Waals surface area contributed by atoms with Crippen molar-refractivity contribution in [3.05, 3.63) is 23.5 Å². The first kappa shape index (κ1) is 8.97. The van der Waals surface area contributed by atoms with E-state index >= 15 is 0 Å². The molecular weight excluding hydrogens is 199 g/mol. The van der Waals surface area contributed by atoms with Crippen molar-refractivity contribution in [3.63, 3.8) is 0 Å². The molecule has 2 unspecified atom stereocenters. The molecule has 0 saturated carbocycles. The highest BCUT2D eigenvalue weighted by Gasteiger charge is 2.37. The van der Waals surface area contributed by atoms with Crippen molar-refractivity contribution in [1.82, 2.24) is 0 Å². The van der Waals surface area contributed by atoms with Crippen molar-refractivity contribution in [2.75, 3.05) is 6.61 Å². The monoisotopic (exact) mass is 210 g/mol. The van der Waals surface area contributed by atoms with E-state index in [9.17, 15) is 9.50 Å². The van der Waals surface area contributed by atoms with E-state index in [4.69, 9.17) is 9.47 Å². The van der Waals surface area contributed by atoms with Crippen LogP contribution in [0.1, 0.15) is 12.0 Å². The minimum Gasteiger partial charge on any atom is -0.505 e. The normalized spacial score (nSPS) is 28.1. The Morgan fingerprint density at radius 1 is 1.33 bits per heavy atom. The summed E-state index contributed by atoms with van der Waals surface area (Å²) in [6, 6.07) is 2.94. The zero-order chi connectivity index (χ0) is 10.4. The predicted molar refractivity (Wildman–Crippen MR) is 50.5 cm³/mol. The molecule has 1 aromatic rings. The molecule has 0 aliphatic carbocycles. The summed E-state index contributed by atoms with van der Waals surface area (Å²) in [6.45, 7) is 0.737. The molecule has 0 amide bonds. The highest BCUT2D eigenvalue weighted by Crippen LogP contribution is 2.36. The molecule has 1 aromatic carbocycles. The van der Waals surface area contributed by atoms with Gasteiger partial charge in [-0.1, -0.05) is 0 Å². The molecule has 0 spiro atoms. The van der Waals surface area contributed by atoms with Crippen molar-refractivity contribution in [2.45, 2.75) is 25.0 Å². The van der Waals surface area contributed by atoms with E-state index in [0.717, 1.165) is 13.0 Å². The lowest BCUT2D eigenvalue weighted by Gasteiger charge is -2.25.